The topological polar surface area (TPSA) is 41.1 Å². The van der Waals surface area contributed by atoms with Gasteiger partial charge in [0.1, 0.15) is 0 Å². The summed E-state index contributed by atoms with van der Waals surface area (Å²) in [5, 5.41) is 5.65. The highest BCUT2D eigenvalue weighted by Crippen LogP contribution is 2.27. The van der Waals surface area contributed by atoms with Gasteiger partial charge < -0.3 is 10.6 Å². The number of hydrogen-bond acceptors (Lipinski definition) is 2. The second kappa shape index (κ2) is 8.36. The zero-order valence-corrected chi connectivity index (χ0v) is 15.8. The van der Waals surface area contributed by atoms with Crippen molar-refractivity contribution in [1.82, 2.24) is 5.32 Å². The first-order valence-electron chi connectivity index (χ1n) is 8.08. The number of carbonyl (C=O) groups excluding carboxylic acids is 1. The van der Waals surface area contributed by atoms with E-state index in [9.17, 15) is 13.6 Å². The lowest BCUT2D eigenvalue weighted by molar-refractivity contribution is 0.242. The second-order valence-corrected chi connectivity index (χ2v) is 7.53. The van der Waals surface area contributed by atoms with E-state index in [0.29, 0.717) is 22.3 Å². The number of halogens is 2. The minimum Gasteiger partial charge on any atom is -0.329 e. The molecule has 0 unspecified atom stereocenters. The van der Waals surface area contributed by atoms with Crippen molar-refractivity contribution in [1.29, 1.82) is 0 Å². The maximum Gasteiger partial charge on any atom is 0.319 e. The van der Waals surface area contributed by atoms with Gasteiger partial charge in [0, 0.05) is 10.6 Å². The van der Waals surface area contributed by atoms with Crippen LogP contribution in [0.1, 0.15) is 31.9 Å². The van der Waals surface area contributed by atoms with E-state index in [4.69, 9.17) is 0 Å². The number of rotatable bonds is 6. The van der Waals surface area contributed by atoms with E-state index >= 15 is 0 Å². The lowest BCUT2D eigenvalue weighted by atomic mass is 9.92. The molecule has 2 aromatic rings. The molecule has 0 bridgehead atoms. The van der Waals surface area contributed by atoms with Gasteiger partial charge in [0.15, 0.2) is 0 Å². The van der Waals surface area contributed by atoms with Crippen molar-refractivity contribution in [3.05, 3.63) is 66.2 Å². The van der Waals surface area contributed by atoms with Gasteiger partial charge in [-0.25, -0.2) is 4.79 Å². The minimum atomic E-state index is -2.46. The third kappa shape index (κ3) is 5.59. The molecular weight excluding hydrogens is 354 g/mol. The standard InChI is InChI=1S/C20H22F2N2OS/c1-13(2)14-6-5-7-15(12-14)20(3,4)24-19(25)23-16-8-10-17(11-9-16)26-18(21)22/h5-12,18H,1H2,2-4H3,(H2,23,24,25). The smallest absolute Gasteiger partial charge is 0.319 e. The predicted octanol–water partition coefficient (Wildman–Crippen LogP) is 6.09. The van der Waals surface area contributed by atoms with Crippen LogP contribution in [0.4, 0.5) is 19.3 Å². The zero-order valence-electron chi connectivity index (χ0n) is 15.0. The van der Waals surface area contributed by atoms with Gasteiger partial charge in [0.25, 0.3) is 5.76 Å². The van der Waals surface area contributed by atoms with Crippen LogP contribution in [-0.2, 0) is 5.54 Å². The number of thioether (sulfide) groups is 1. The largest absolute Gasteiger partial charge is 0.329 e. The molecule has 0 aromatic heterocycles. The molecule has 3 nitrogen and oxygen atoms in total. The van der Waals surface area contributed by atoms with Crippen molar-refractivity contribution in [3.63, 3.8) is 0 Å². The molecule has 0 saturated carbocycles. The normalized spacial score (nSPS) is 11.3. The van der Waals surface area contributed by atoms with Crippen LogP contribution in [0.2, 0.25) is 0 Å². The molecule has 2 N–H and O–H groups in total. The monoisotopic (exact) mass is 376 g/mol. The molecule has 0 fully saturated rings. The molecule has 2 amide bonds. The highest BCUT2D eigenvalue weighted by atomic mass is 32.2. The number of hydrogen-bond donors (Lipinski definition) is 2. The molecule has 0 aliphatic heterocycles. The third-order valence-corrected chi connectivity index (χ3v) is 4.56. The van der Waals surface area contributed by atoms with Crippen LogP contribution in [0.3, 0.4) is 0 Å². The van der Waals surface area contributed by atoms with Gasteiger partial charge >= 0.3 is 6.03 Å². The Morgan fingerprint density at radius 3 is 2.38 bits per heavy atom. The molecule has 0 atom stereocenters. The van der Waals surface area contributed by atoms with E-state index < -0.39 is 11.3 Å². The van der Waals surface area contributed by atoms with Crippen molar-refractivity contribution in [3.8, 4) is 0 Å². The number of nitrogens with one attached hydrogen (secondary N) is 2. The first kappa shape index (κ1) is 20.0. The van der Waals surface area contributed by atoms with Gasteiger partial charge in [-0.15, -0.1) is 0 Å². The van der Waals surface area contributed by atoms with Crippen LogP contribution < -0.4 is 10.6 Å². The summed E-state index contributed by atoms with van der Waals surface area (Å²) in [6.07, 6.45) is 0. The first-order valence-corrected chi connectivity index (χ1v) is 8.96. The lowest BCUT2D eigenvalue weighted by Crippen LogP contribution is -2.43. The van der Waals surface area contributed by atoms with Crippen LogP contribution >= 0.6 is 11.8 Å². The van der Waals surface area contributed by atoms with Crippen molar-refractivity contribution in [2.24, 2.45) is 0 Å². The van der Waals surface area contributed by atoms with Crippen LogP contribution in [-0.4, -0.2) is 11.8 Å². The van der Waals surface area contributed by atoms with Crippen molar-refractivity contribution >= 4 is 29.1 Å². The number of alkyl halides is 2. The van der Waals surface area contributed by atoms with Crippen LogP contribution in [0, 0.1) is 0 Å². The quantitative estimate of drug-likeness (QED) is 0.599. The van der Waals surface area contributed by atoms with Crippen LogP contribution in [0.15, 0.2) is 60.0 Å². The molecule has 26 heavy (non-hydrogen) atoms. The molecule has 2 rings (SSSR count). The Morgan fingerprint density at radius 1 is 1.15 bits per heavy atom. The van der Waals surface area contributed by atoms with Crippen LogP contribution in [0.25, 0.3) is 5.57 Å². The molecule has 0 aliphatic carbocycles. The summed E-state index contributed by atoms with van der Waals surface area (Å²) in [6.45, 7) is 9.69. The van der Waals surface area contributed by atoms with E-state index in [1.54, 1.807) is 24.3 Å². The van der Waals surface area contributed by atoms with E-state index in [2.05, 4.69) is 17.2 Å². The molecular formula is C20H22F2N2OS. The van der Waals surface area contributed by atoms with E-state index in [-0.39, 0.29) is 6.03 Å². The number of benzene rings is 2. The fourth-order valence-electron chi connectivity index (χ4n) is 2.41. The molecule has 138 valence electrons. The molecule has 0 aliphatic rings. The molecule has 2 aromatic carbocycles. The molecule has 0 saturated heterocycles. The second-order valence-electron chi connectivity index (χ2n) is 6.47. The summed E-state index contributed by atoms with van der Waals surface area (Å²) in [4.78, 5) is 12.8. The van der Waals surface area contributed by atoms with Gasteiger partial charge in [-0.2, -0.15) is 8.78 Å². The number of carbonyl (C=O) groups is 1. The van der Waals surface area contributed by atoms with Crippen molar-refractivity contribution < 1.29 is 13.6 Å². The summed E-state index contributed by atoms with van der Waals surface area (Å²) in [7, 11) is 0. The summed E-state index contributed by atoms with van der Waals surface area (Å²) < 4.78 is 24.7. The maximum atomic E-state index is 12.3. The number of urea groups is 1. The maximum absolute atomic E-state index is 12.3. The average Bonchev–Trinajstić information content (AvgIpc) is 2.55. The summed E-state index contributed by atoms with van der Waals surface area (Å²) in [5.74, 6) is -2.46. The first-order chi connectivity index (χ1) is 12.2. The Balaban J connectivity index is 2.04. The fourth-order valence-corrected chi connectivity index (χ4v) is 2.91. The van der Waals surface area contributed by atoms with Gasteiger partial charge in [-0.3, -0.25) is 0 Å². The Labute approximate surface area is 156 Å². The van der Waals surface area contributed by atoms with Crippen molar-refractivity contribution in [2.45, 2.75) is 37.0 Å². The highest BCUT2D eigenvalue weighted by Gasteiger charge is 2.23. The Bertz CT molecular complexity index is 789. The van der Waals surface area contributed by atoms with Crippen LogP contribution in [0.5, 0.6) is 0 Å². The van der Waals surface area contributed by atoms with Gasteiger partial charge in [-0.05, 0) is 62.2 Å². The Hall–Kier alpha value is -2.34. The number of allylic oxidation sites excluding steroid dienone is 1. The third-order valence-electron chi connectivity index (χ3n) is 3.84. The molecule has 6 heteroatoms. The summed E-state index contributed by atoms with van der Waals surface area (Å²) in [5.41, 5.74) is 2.87. The Morgan fingerprint density at radius 2 is 1.81 bits per heavy atom. The zero-order chi connectivity index (χ0) is 19.3. The minimum absolute atomic E-state index is 0.370. The lowest BCUT2D eigenvalue weighted by Gasteiger charge is -2.27. The van der Waals surface area contributed by atoms with E-state index in [0.717, 1.165) is 16.7 Å². The average molecular weight is 376 g/mol. The Kier molecular flexibility index (Phi) is 6.42. The molecule has 0 radical (unpaired) electrons. The van der Waals surface area contributed by atoms with Crippen molar-refractivity contribution in [2.75, 3.05) is 5.32 Å². The highest BCUT2D eigenvalue weighted by molar-refractivity contribution is 7.99. The number of amides is 2. The molecule has 0 heterocycles. The predicted molar refractivity (Wildman–Crippen MR) is 105 cm³/mol. The van der Waals surface area contributed by atoms with Gasteiger partial charge in [0.2, 0.25) is 0 Å². The van der Waals surface area contributed by atoms with Gasteiger partial charge in [-0.1, -0.05) is 42.1 Å². The van der Waals surface area contributed by atoms with Gasteiger partial charge in [0.05, 0.1) is 5.54 Å². The number of anilines is 1. The summed E-state index contributed by atoms with van der Waals surface area (Å²) in [6, 6.07) is 13.8. The SMILES string of the molecule is C=C(C)c1cccc(C(C)(C)NC(=O)Nc2ccc(SC(F)F)cc2)c1. The van der Waals surface area contributed by atoms with E-state index in [1.807, 2.05) is 45.0 Å². The molecule has 0 spiro atoms. The van der Waals surface area contributed by atoms with E-state index in [1.165, 1.54) is 0 Å². The summed E-state index contributed by atoms with van der Waals surface area (Å²) >= 11 is 0.468. The fraction of sp³-hybridized carbons (Fsp3) is 0.250.